The van der Waals surface area contributed by atoms with E-state index >= 15 is 0 Å². The minimum atomic E-state index is -0.167. The molecule has 2 rings (SSSR count). The van der Waals surface area contributed by atoms with E-state index in [-0.39, 0.29) is 5.82 Å². The average molecular weight is 300 g/mol. The number of hydrogen-bond donors (Lipinski definition) is 1. The molecule has 2 atom stereocenters. The summed E-state index contributed by atoms with van der Waals surface area (Å²) in [5, 5.41) is 3.37. The standard InChI is InChI=1S/C14H19BrFN/c1-14(2)8-12(14)13(17-3)6-9-4-10(15)7-11(16)5-9/h4-5,7,12-13,17H,6,8H2,1-3H3. The zero-order chi connectivity index (χ0) is 12.6. The Bertz CT molecular complexity index is 396. The molecule has 1 N–H and O–H groups in total. The van der Waals surface area contributed by atoms with Gasteiger partial charge in [0.2, 0.25) is 0 Å². The molecular weight excluding hydrogens is 281 g/mol. The molecule has 1 saturated carbocycles. The summed E-state index contributed by atoms with van der Waals surface area (Å²) in [5.74, 6) is 0.536. The first kappa shape index (κ1) is 13.0. The lowest BCUT2D eigenvalue weighted by Crippen LogP contribution is -2.31. The summed E-state index contributed by atoms with van der Waals surface area (Å²) in [6.07, 6.45) is 2.15. The van der Waals surface area contributed by atoms with Crippen molar-refractivity contribution in [2.24, 2.45) is 11.3 Å². The molecule has 1 aromatic carbocycles. The minimum Gasteiger partial charge on any atom is -0.316 e. The van der Waals surface area contributed by atoms with E-state index in [0.717, 1.165) is 16.5 Å². The van der Waals surface area contributed by atoms with E-state index < -0.39 is 0 Å². The maximum Gasteiger partial charge on any atom is 0.124 e. The molecule has 3 heteroatoms. The SMILES string of the molecule is CNC(Cc1cc(F)cc(Br)c1)C1CC1(C)C. The van der Waals surface area contributed by atoms with Crippen molar-refractivity contribution < 1.29 is 4.39 Å². The summed E-state index contributed by atoms with van der Waals surface area (Å²) in [6, 6.07) is 5.57. The number of rotatable bonds is 4. The fourth-order valence-electron chi connectivity index (χ4n) is 2.62. The van der Waals surface area contributed by atoms with Gasteiger partial charge in [-0.15, -0.1) is 0 Å². The average Bonchev–Trinajstić information content (AvgIpc) is 2.82. The molecule has 0 heterocycles. The van der Waals surface area contributed by atoms with Crippen LogP contribution in [0, 0.1) is 17.2 Å². The van der Waals surface area contributed by atoms with E-state index in [0.29, 0.717) is 17.4 Å². The van der Waals surface area contributed by atoms with E-state index in [9.17, 15) is 4.39 Å². The summed E-state index contributed by atoms with van der Waals surface area (Å²) in [4.78, 5) is 0. The van der Waals surface area contributed by atoms with Crippen molar-refractivity contribution in [1.29, 1.82) is 0 Å². The lowest BCUT2D eigenvalue weighted by Gasteiger charge is -2.18. The van der Waals surface area contributed by atoms with Crippen molar-refractivity contribution in [2.45, 2.75) is 32.7 Å². The van der Waals surface area contributed by atoms with E-state index in [4.69, 9.17) is 0 Å². The first-order valence-corrected chi connectivity index (χ1v) is 6.84. The van der Waals surface area contributed by atoms with Crippen LogP contribution in [0.25, 0.3) is 0 Å². The van der Waals surface area contributed by atoms with E-state index in [1.54, 1.807) is 6.07 Å². The predicted molar refractivity (Wildman–Crippen MR) is 72.5 cm³/mol. The second-order valence-corrected chi connectivity index (χ2v) is 6.59. The van der Waals surface area contributed by atoms with Crippen LogP contribution in [0.15, 0.2) is 22.7 Å². The van der Waals surface area contributed by atoms with Gasteiger partial charge in [0.1, 0.15) is 5.82 Å². The van der Waals surface area contributed by atoms with Gasteiger partial charge in [-0.25, -0.2) is 4.39 Å². The molecule has 1 aromatic rings. The van der Waals surface area contributed by atoms with E-state index in [1.807, 2.05) is 13.1 Å². The Balaban J connectivity index is 2.08. The smallest absolute Gasteiger partial charge is 0.124 e. The monoisotopic (exact) mass is 299 g/mol. The van der Waals surface area contributed by atoms with Crippen molar-refractivity contribution in [3.63, 3.8) is 0 Å². The number of likely N-dealkylation sites (N-methyl/N-ethyl adjacent to an activating group) is 1. The van der Waals surface area contributed by atoms with Crippen LogP contribution < -0.4 is 5.32 Å². The van der Waals surface area contributed by atoms with Gasteiger partial charge in [-0.1, -0.05) is 29.8 Å². The highest BCUT2D eigenvalue weighted by molar-refractivity contribution is 9.10. The largest absolute Gasteiger partial charge is 0.316 e. The molecule has 0 aliphatic heterocycles. The van der Waals surface area contributed by atoms with Crippen molar-refractivity contribution in [1.82, 2.24) is 5.32 Å². The second kappa shape index (κ2) is 4.69. The zero-order valence-electron chi connectivity index (χ0n) is 10.6. The molecule has 0 spiro atoms. The van der Waals surface area contributed by atoms with Crippen LogP contribution >= 0.6 is 15.9 Å². The Kier molecular flexibility index (Phi) is 3.60. The van der Waals surface area contributed by atoms with Gasteiger partial charge < -0.3 is 5.32 Å². The van der Waals surface area contributed by atoms with Gasteiger partial charge in [-0.05, 0) is 55.0 Å². The number of hydrogen-bond acceptors (Lipinski definition) is 1. The molecule has 94 valence electrons. The Morgan fingerprint density at radius 1 is 1.47 bits per heavy atom. The van der Waals surface area contributed by atoms with Gasteiger partial charge in [0.05, 0.1) is 0 Å². The van der Waals surface area contributed by atoms with Gasteiger partial charge in [0, 0.05) is 10.5 Å². The summed E-state index contributed by atoms with van der Waals surface area (Å²) < 4.78 is 14.1. The molecule has 17 heavy (non-hydrogen) atoms. The molecule has 0 amide bonds. The van der Waals surface area contributed by atoms with Gasteiger partial charge in [0.25, 0.3) is 0 Å². The second-order valence-electron chi connectivity index (χ2n) is 5.68. The van der Waals surface area contributed by atoms with Gasteiger partial charge >= 0.3 is 0 Å². The summed E-state index contributed by atoms with van der Waals surface area (Å²) in [6.45, 7) is 4.59. The third-order valence-corrected chi connectivity index (χ3v) is 4.28. The molecular formula is C14H19BrFN. The number of benzene rings is 1. The summed E-state index contributed by atoms with van der Waals surface area (Å²) in [5.41, 5.74) is 1.50. The van der Waals surface area contributed by atoms with Crippen LogP contribution in [0.4, 0.5) is 4.39 Å². The van der Waals surface area contributed by atoms with Crippen molar-refractivity contribution >= 4 is 15.9 Å². The topological polar surface area (TPSA) is 12.0 Å². The Labute approximate surface area is 111 Å². The highest BCUT2D eigenvalue weighted by atomic mass is 79.9. The fourth-order valence-corrected chi connectivity index (χ4v) is 3.14. The lowest BCUT2D eigenvalue weighted by atomic mass is 9.97. The number of halogens is 2. The Morgan fingerprint density at radius 3 is 2.59 bits per heavy atom. The zero-order valence-corrected chi connectivity index (χ0v) is 12.1. The maximum absolute atomic E-state index is 13.3. The van der Waals surface area contributed by atoms with Crippen molar-refractivity contribution in [3.05, 3.63) is 34.1 Å². The molecule has 2 unspecified atom stereocenters. The molecule has 0 saturated heterocycles. The van der Waals surface area contributed by atoms with Crippen LogP contribution in [0.1, 0.15) is 25.8 Å². The highest BCUT2D eigenvalue weighted by Crippen LogP contribution is 2.53. The van der Waals surface area contributed by atoms with Crippen LogP contribution in [0.2, 0.25) is 0 Å². The molecule has 1 fully saturated rings. The number of nitrogens with one attached hydrogen (secondary N) is 1. The van der Waals surface area contributed by atoms with Crippen molar-refractivity contribution in [2.75, 3.05) is 7.05 Å². The third-order valence-electron chi connectivity index (χ3n) is 3.82. The normalized spacial score (nSPS) is 23.5. The molecule has 1 nitrogen and oxygen atoms in total. The predicted octanol–water partition coefficient (Wildman–Crippen LogP) is 3.76. The first-order chi connectivity index (χ1) is 7.92. The Hall–Kier alpha value is -0.410. The molecule has 1 aliphatic rings. The third kappa shape index (κ3) is 3.08. The lowest BCUT2D eigenvalue weighted by molar-refractivity contribution is 0.425. The van der Waals surface area contributed by atoms with Gasteiger partial charge in [-0.3, -0.25) is 0 Å². The van der Waals surface area contributed by atoms with Crippen molar-refractivity contribution in [3.8, 4) is 0 Å². The first-order valence-electron chi connectivity index (χ1n) is 6.04. The van der Waals surface area contributed by atoms with Crippen LogP contribution in [0.3, 0.4) is 0 Å². The van der Waals surface area contributed by atoms with E-state index in [1.165, 1.54) is 12.5 Å². The molecule has 1 aliphatic carbocycles. The van der Waals surface area contributed by atoms with Gasteiger partial charge in [0.15, 0.2) is 0 Å². The Morgan fingerprint density at radius 2 is 2.12 bits per heavy atom. The van der Waals surface area contributed by atoms with Crippen LogP contribution in [-0.2, 0) is 6.42 Å². The van der Waals surface area contributed by atoms with Gasteiger partial charge in [-0.2, -0.15) is 0 Å². The quantitative estimate of drug-likeness (QED) is 0.892. The summed E-state index contributed by atoms with van der Waals surface area (Å²) >= 11 is 3.34. The molecule has 0 aromatic heterocycles. The highest BCUT2D eigenvalue weighted by Gasteiger charge is 2.49. The fraction of sp³-hybridized carbons (Fsp3) is 0.571. The van der Waals surface area contributed by atoms with E-state index in [2.05, 4.69) is 35.1 Å². The molecule has 0 radical (unpaired) electrons. The van der Waals surface area contributed by atoms with Crippen LogP contribution in [-0.4, -0.2) is 13.1 Å². The minimum absolute atomic E-state index is 0.167. The summed E-state index contributed by atoms with van der Waals surface area (Å²) in [7, 11) is 1.99. The molecule has 0 bridgehead atoms. The van der Waals surface area contributed by atoms with Crippen LogP contribution in [0.5, 0.6) is 0 Å². The maximum atomic E-state index is 13.3.